The van der Waals surface area contributed by atoms with Gasteiger partial charge in [0, 0.05) is 13.1 Å². The first-order valence-corrected chi connectivity index (χ1v) is 6.82. The van der Waals surface area contributed by atoms with Crippen LogP contribution in [0.1, 0.15) is 6.92 Å². The summed E-state index contributed by atoms with van der Waals surface area (Å²) in [6, 6.07) is 1.27. The zero-order valence-corrected chi connectivity index (χ0v) is 12.9. The number of carbonyl (C=O) groups is 2. The molecule has 1 amide bonds. The number of aromatic nitrogens is 3. The molecule has 8 heteroatoms. The molecule has 2 heterocycles. The Labute approximate surface area is 128 Å². The first-order valence-electron chi connectivity index (χ1n) is 6.03. The van der Waals surface area contributed by atoms with Gasteiger partial charge in [-0.15, -0.1) is 0 Å². The Balaban J connectivity index is 2.35. The summed E-state index contributed by atoms with van der Waals surface area (Å²) in [7, 11) is 1.54. The van der Waals surface area contributed by atoms with Gasteiger partial charge in [-0.2, -0.15) is 5.10 Å². The summed E-state index contributed by atoms with van der Waals surface area (Å²) < 4.78 is 15.0. The molecular formula is C13H12BrFN4O2. The second kappa shape index (κ2) is 6.13. The van der Waals surface area contributed by atoms with E-state index in [0.717, 1.165) is 6.20 Å². The summed E-state index contributed by atoms with van der Waals surface area (Å²) in [5, 5.41) is 4.16. The van der Waals surface area contributed by atoms with Gasteiger partial charge in [0.25, 0.3) is 0 Å². The molecule has 0 aliphatic rings. The number of aldehydes is 1. The number of amides is 1. The maximum Gasteiger partial charge on any atom is 0.236 e. The summed E-state index contributed by atoms with van der Waals surface area (Å²) in [5.74, 6) is -1.59. The van der Waals surface area contributed by atoms with Crippen LogP contribution in [0.3, 0.4) is 0 Å². The van der Waals surface area contributed by atoms with Crippen LogP contribution in [0.15, 0.2) is 29.3 Å². The van der Waals surface area contributed by atoms with Crippen molar-refractivity contribution in [3.8, 4) is 5.69 Å². The lowest BCUT2D eigenvalue weighted by atomic mass is 10.2. The van der Waals surface area contributed by atoms with Gasteiger partial charge in [-0.3, -0.25) is 9.78 Å². The molecule has 110 valence electrons. The fraction of sp³-hybridized carbons (Fsp3) is 0.231. The molecular weight excluding hydrogens is 343 g/mol. The third-order valence-corrected chi connectivity index (χ3v) is 3.46. The van der Waals surface area contributed by atoms with Crippen LogP contribution in [0.25, 0.3) is 5.69 Å². The molecule has 2 aromatic heterocycles. The minimum absolute atomic E-state index is 0.359. The fourth-order valence-electron chi connectivity index (χ4n) is 1.71. The highest BCUT2D eigenvalue weighted by Crippen LogP contribution is 2.26. The zero-order valence-electron chi connectivity index (χ0n) is 11.3. The van der Waals surface area contributed by atoms with Crippen LogP contribution >= 0.6 is 15.9 Å². The van der Waals surface area contributed by atoms with Crippen molar-refractivity contribution >= 4 is 33.8 Å². The molecule has 2 rings (SSSR count). The van der Waals surface area contributed by atoms with Crippen molar-refractivity contribution in [2.45, 2.75) is 6.92 Å². The highest BCUT2D eigenvalue weighted by Gasteiger charge is 2.22. The second-order valence-electron chi connectivity index (χ2n) is 4.43. The molecule has 0 N–H and O–H groups in total. The normalized spacial score (nSPS) is 12.0. The number of hydrogen-bond acceptors (Lipinski definition) is 4. The Hall–Kier alpha value is -2.09. The van der Waals surface area contributed by atoms with E-state index in [1.165, 1.54) is 35.8 Å². The number of anilines is 1. The van der Waals surface area contributed by atoms with E-state index < -0.39 is 11.7 Å². The zero-order chi connectivity index (χ0) is 15.6. The lowest BCUT2D eigenvalue weighted by molar-refractivity contribution is -0.126. The van der Waals surface area contributed by atoms with Gasteiger partial charge in [0.05, 0.1) is 35.9 Å². The van der Waals surface area contributed by atoms with Gasteiger partial charge in [0.1, 0.15) is 12.1 Å². The van der Waals surface area contributed by atoms with E-state index in [-0.39, 0.29) is 5.91 Å². The van der Waals surface area contributed by atoms with Gasteiger partial charge in [-0.1, -0.05) is 0 Å². The van der Waals surface area contributed by atoms with Crippen LogP contribution < -0.4 is 4.90 Å². The fourth-order valence-corrected chi connectivity index (χ4v) is 2.25. The molecule has 0 spiro atoms. The van der Waals surface area contributed by atoms with E-state index in [2.05, 4.69) is 26.0 Å². The lowest BCUT2D eigenvalue weighted by Gasteiger charge is -2.17. The van der Waals surface area contributed by atoms with Crippen molar-refractivity contribution in [2.24, 2.45) is 5.92 Å². The van der Waals surface area contributed by atoms with Crippen LogP contribution in [-0.4, -0.2) is 34.0 Å². The van der Waals surface area contributed by atoms with E-state index in [4.69, 9.17) is 0 Å². The Morgan fingerprint density at radius 2 is 2.24 bits per heavy atom. The number of nitrogens with zero attached hydrogens (tertiary/aromatic N) is 4. The molecule has 0 fully saturated rings. The number of rotatable bonds is 4. The van der Waals surface area contributed by atoms with Crippen LogP contribution in [0.4, 0.5) is 10.1 Å². The first kappa shape index (κ1) is 15.3. The number of pyridine rings is 1. The highest BCUT2D eigenvalue weighted by molar-refractivity contribution is 9.10. The SMILES string of the molecule is CC(C=O)C(=O)N(C)c1cn(-c2cncc(F)c2)nc1Br. The molecule has 1 unspecified atom stereocenters. The Morgan fingerprint density at radius 1 is 1.52 bits per heavy atom. The first-order chi connectivity index (χ1) is 9.93. The second-order valence-corrected chi connectivity index (χ2v) is 5.18. The summed E-state index contributed by atoms with van der Waals surface area (Å²) in [5.41, 5.74) is 0.893. The Bertz CT molecular complexity index is 689. The molecule has 0 aliphatic heterocycles. The van der Waals surface area contributed by atoms with E-state index in [0.29, 0.717) is 22.3 Å². The minimum atomic E-state index is -0.749. The van der Waals surface area contributed by atoms with Gasteiger partial charge >= 0.3 is 0 Å². The molecule has 6 nitrogen and oxygen atoms in total. The van der Waals surface area contributed by atoms with Gasteiger partial charge < -0.3 is 9.69 Å². The van der Waals surface area contributed by atoms with E-state index in [1.807, 2.05) is 0 Å². The van der Waals surface area contributed by atoms with Crippen LogP contribution in [0.5, 0.6) is 0 Å². The van der Waals surface area contributed by atoms with Crippen molar-refractivity contribution in [3.05, 3.63) is 35.1 Å². The molecule has 21 heavy (non-hydrogen) atoms. The predicted molar refractivity (Wildman–Crippen MR) is 77.7 cm³/mol. The predicted octanol–water partition coefficient (Wildman–Crippen LogP) is 1.97. The van der Waals surface area contributed by atoms with Crippen molar-refractivity contribution < 1.29 is 14.0 Å². The Kier molecular flexibility index (Phi) is 4.46. The van der Waals surface area contributed by atoms with Gasteiger partial charge in [-0.25, -0.2) is 9.07 Å². The molecule has 0 aliphatic carbocycles. The summed E-state index contributed by atoms with van der Waals surface area (Å²) in [6.45, 7) is 1.51. The highest BCUT2D eigenvalue weighted by atomic mass is 79.9. The Morgan fingerprint density at radius 3 is 2.86 bits per heavy atom. The van der Waals surface area contributed by atoms with Crippen molar-refractivity contribution in [2.75, 3.05) is 11.9 Å². The van der Waals surface area contributed by atoms with Gasteiger partial charge in [-0.05, 0) is 22.9 Å². The molecule has 0 aromatic carbocycles. The van der Waals surface area contributed by atoms with E-state index in [1.54, 1.807) is 6.20 Å². The summed E-state index contributed by atoms with van der Waals surface area (Å²) >= 11 is 3.24. The lowest BCUT2D eigenvalue weighted by Crippen LogP contribution is -2.32. The van der Waals surface area contributed by atoms with Crippen molar-refractivity contribution in [1.29, 1.82) is 0 Å². The van der Waals surface area contributed by atoms with Crippen LogP contribution in [0.2, 0.25) is 0 Å². The summed E-state index contributed by atoms with van der Waals surface area (Å²) in [4.78, 5) is 27.8. The maximum atomic E-state index is 13.2. The molecule has 0 saturated carbocycles. The number of halogens is 2. The topological polar surface area (TPSA) is 68.1 Å². The average Bonchev–Trinajstić information content (AvgIpc) is 2.87. The maximum absolute atomic E-state index is 13.2. The van der Waals surface area contributed by atoms with E-state index >= 15 is 0 Å². The largest absolute Gasteiger partial charge is 0.311 e. The van der Waals surface area contributed by atoms with Crippen molar-refractivity contribution in [1.82, 2.24) is 14.8 Å². The van der Waals surface area contributed by atoms with E-state index in [9.17, 15) is 14.0 Å². The van der Waals surface area contributed by atoms with Crippen LogP contribution in [-0.2, 0) is 9.59 Å². The standard InChI is InChI=1S/C13H12BrFN4O2/c1-8(7-20)13(21)18(2)11-6-19(17-12(11)14)10-3-9(15)4-16-5-10/h3-8H,1-2H3. The molecule has 0 bridgehead atoms. The number of hydrogen-bond donors (Lipinski definition) is 0. The molecule has 0 saturated heterocycles. The van der Waals surface area contributed by atoms with Gasteiger partial charge in [0.2, 0.25) is 5.91 Å². The third kappa shape index (κ3) is 3.15. The monoisotopic (exact) mass is 354 g/mol. The minimum Gasteiger partial charge on any atom is -0.311 e. The van der Waals surface area contributed by atoms with Crippen LogP contribution in [0, 0.1) is 11.7 Å². The third-order valence-electron chi connectivity index (χ3n) is 2.89. The van der Waals surface area contributed by atoms with Gasteiger partial charge in [0.15, 0.2) is 4.60 Å². The number of carbonyl (C=O) groups excluding carboxylic acids is 2. The van der Waals surface area contributed by atoms with Crippen molar-refractivity contribution in [3.63, 3.8) is 0 Å². The quantitative estimate of drug-likeness (QED) is 0.621. The molecule has 0 radical (unpaired) electrons. The molecule has 2 aromatic rings. The smallest absolute Gasteiger partial charge is 0.236 e. The molecule has 1 atom stereocenters. The summed E-state index contributed by atoms with van der Waals surface area (Å²) in [6.07, 6.45) is 4.66. The average molecular weight is 355 g/mol.